The second-order valence-electron chi connectivity index (χ2n) is 4.56. The van der Waals surface area contributed by atoms with Crippen LogP contribution >= 0.6 is 0 Å². The summed E-state index contributed by atoms with van der Waals surface area (Å²) >= 11 is 0. The highest BCUT2D eigenvalue weighted by molar-refractivity contribution is 5.44. The maximum Gasteiger partial charge on any atom is 0.161 e. The molecule has 100 valence electrons. The SMILES string of the molecule is CCC(C)OCC(N)c1ccc2c(c1)OCCO2. The molecule has 2 N–H and O–H groups in total. The molecular weight excluding hydrogens is 230 g/mol. The van der Waals surface area contributed by atoms with Crippen molar-refractivity contribution in [3.63, 3.8) is 0 Å². The molecular formula is C14H21NO3. The lowest BCUT2D eigenvalue weighted by molar-refractivity contribution is 0.0538. The van der Waals surface area contributed by atoms with Crippen molar-refractivity contribution in [2.45, 2.75) is 32.4 Å². The molecule has 2 unspecified atom stereocenters. The Kier molecular flexibility index (Phi) is 4.44. The third-order valence-corrected chi connectivity index (χ3v) is 3.13. The summed E-state index contributed by atoms with van der Waals surface area (Å²) in [5.41, 5.74) is 7.13. The van der Waals surface area contributed by atoms with Crippen LogP contribution in [0.5, 0.6) is 11.5 Å². The molecule has 0 spiro atoms. The Hall–Kier alpha value is -1.26. The fourth-order valence-corrected chi connectivity index (χ4v) is 1.77. The topological polar surface area (TPSA) is 53.7 Å². The molecule has 1 aliphatic rings. The zero-order valence-corrected chi connectivity index (χ0v) is 11.0. The molecule has 4 nitrogen and oxygen atoms in total. The highest BCUT2D eigenvalue weighted by Gasteiger charge is 2.15. The van der Waals surface area contributed by atoms with Crippen molar-refractivity contribution in [2.24, 2.45) is 5.73 Å². The van der Waals surface area contributed by atoms with E-state index in [-0.39, 0.29) is 12.1 Å². The Morgan fingerprint density at radius 1 is 1.28 bits per heavy atom. The molecule has 0 radical (unpaired) electrons. The number of rotatable bonds is 5. The molecule has 0 bridgehead atoms. The van der Waals surface area contributed by atoms with Crippen molar-refractivity contribution in [1.82, 2.24) is 0 Å². The maximum absolute atomic E-state index is 6.11. The molecule has 1 heterocycles. The summed E-state index contributed by atoms with van der Waals surface area (Å²) in [5, 5.41) is 0. The molecule has 0 amide bonds. The zero-order valence-electron chi connectivity index (χ0n) is 11.0. The van der Waals surface area contributed by atoms with Crippen LogP contribution in [-0.2, 0) is 4.74 Å². The second-order valence-corrected chi connectivity index (χ2v) is 4.56. The minimum atomic E-state index is -0.130. The number of benzene rings is 1. The molecule has 0 saturated carbocycles. The van der Waals surface area contributed by atoms with Gasteiger partial charge in [-0.15, -0.1) is 0 Å². The van der Waals surface area contributed by atoms with Gasteiger partial charge < -0.3 is 19.9 Å². The van der Waals surface area contributed by atoms with Crippen molar-refractivity contribution in [1.29, 1.82) is 0 Å². The lowest BCUT2D eigenvalue weighted by Gasteiger charge is -2.21. The van der Waals surface area contributed by atoms with E-state index in [9.17, 15) is 0 Å². The highest BCUT2D eigenvalue weighted by atomic mass is 16.6. The Morgan fingerprint density at radius 3 is 2.72 bits per heavy atom. The molecule has 1 aromatic carbocycles. The zero-order chi connectivity index (χ0) is 13.0. The van der Waals surface area contributed by atoms with Gasteiger partial charge in [-0.3, -0.25) is 0 Å². The minimum Gasteiger partial charge on any atom is -0.486 e. The van der Waals surface area contributed by atoms with E-state index in [4.69, 9.17) is 19.9 Å². The summed E-state index contributed by atoms with van der Waals surface area (Å²) in [5.74, 6) is 1.57. The Bertz CT molecular complexity index is 395. The van der Waals surface area contributed by atoms with Crippen LogP contribution in [0.1, 0.15) is 31.9 Å². The van der Waals surface area contributed by atoms with Gasteiger partial charge in [0.05, 0.1) is 18.8 Å². The van der Waals surface area contributed by atoms with E-state index in [1.807, 2.05) is 18.2 Å². The monoisotopic (exact) mass is 251 g/mol. The van der Waals surface area contributed by atoms with Crippen LogP contribution in [0.3, 0.4) is 0 Å². The summed E-state index contributed by atoms with van der Waals surface area (Å²) in [4.78, 5) is 0. The molecule has 2 atom stereocenters. The summed E-state index contributed by atoms with van der Waals surface area (Å²) in [6.07, 6.45) is 1.24. The summed E-state index contributed by atoms with van der Waals surface area (Å²) < 4.78 is 16.7. The van der Waals surface area contributed by atoms with Gasteiger partial charge in [0.25, 0.3) is 0 Å². The van der Waals surface area contributed by atoms with E-state index in [1.165, 1.54) is 0 Å². The lowest BCUT2D eigenvalue weighted by Crippen LogP contribution is -2.21. The highest BCUT2D eigenvalue weighted by Crippen LogP contribution is 2.32. The molecule has 1 aromatic rings. The Morgan fingerprint density at radius 2 is 2.00 bits per heavy atom. The van der Waals surface area contributed by atoms with E-state index in [0.717, 1.165) is 23.5 Å². The number of ether oxygens (including phenoxy) is 3. The van der Waals surface area contributed by atoms with Gasteiger partial charge >= 0.3 is 0 Å². The van der Waals surface area contributed by atoms with Crippen LogP contribution < -0.4 is 15.2 Å². The Labute approximate surface area is 108 Å². The maximum atomic E-state index is 6.11. The molecule has 1 aliphatic heterocycles. The van der Waals surface area contributed by atoms with Crippen molar-refractivity contribution in [2.75, 3.05) is 19.8 Å². The van der Waals surface area contributed by atoms with E-state index in [0.29, 0.717) is 19.8 Å². The van der Waals surface area contributed by atoms with Crippen molar-refractivity contribution >= 4 is 0 Å². The first kappa shape index (κ1) is 13.2. The number of fused-ring (bicyclic) bond motifs is 1. The predicted octanol–water partition coefficient (Wildman–Crippen LogP) is 2.27. The molecule has 4 heteroatoms. The van der Waals surface area contributed by atoms with Gasteiger partial charge in [0, 0.05) is 0 Å². The third-order valence-electron chi connectivity index (χ3n) is 3.13. The first-order valence-electron chi connectivity index (χ1n) is 6.47. The average Bonchev–Trinajstić information content (AvgIpc) is 2.43. The average molecular weight is 251 g/mol. The Balaban J connectivity index is 1.99. The van der Waals surface area contributed by atoms with E-state index in [2.05, 4.69) is 13.8 Å². The van der Waals surface area contributed by atoms with Gasteiger partial charge in [0.1, 0.15) is 13.2 Å². The normalized spacial score (nSPS) is 17.3. The molecule has 0 aromatic heterocycles. The summed E-state index contributed by atoms with van der Waals surface area (Å²) in [7, 11) is 0. The standard InChI is InChI=1S/C14H21NO3/c1-3-10(2)18-9-12(15)11-4-5-13-14(8-11)17-7-6-16-13/h4-5,8,10,12H,3,6-7,9,15H2,1-2H3. The van der Waals surface area contributed by atoms with Crippen molar-refractivity contribution in [3.8, 4) is 11.5 Å². The van der Waals surface area contributed by atoms with Gasteiger partial charge in [-0.05, 0) is 31.0 Å². The van der Waals surface area contributed by atoms with Crippen LogP contribution in [0, 0.1) is 0 Å². The largest absolute Gasteiger partial charge is 0.486 e. The number of hydrogen-bond acceptors (Lipinski definition) is 4. The quantitative estimate of drug-likeness (QED) is 0.872. The third kappa shape index (κ3) is 3.15. The lowest BCUT2D eigenvalue weighted by atomic mass is 10.1. The van der Waals surface area contributed by atoms with Gasteiger partial charge in [-0.25, -0.2) is 0 Å². The molecule has 0 saturated heterocycles. The molecule has 18 heavy (non-hydrogen) atoms. The van der Waals surface area contributed by atoms with Gasteiger partial charge in [-0.2, -0.15) is 0 Å². The molecule has 0 aliphatic carbocycles. The van der Waals surface area contributed by atoms with E-state index < -0.39 is 0 Å². The first-order chi connectivity index (χ1) is 8.70. The van der Waals surface area contributed by atoms with Gasteiger partial charge in [-0.1, -0.05) is 13.0 Å². The fourth-order valence-electron chi connectivity index (χ4n) is 1.77. The summed E-state index contributed by atoms with van der Waals surface area (Å²) in [6.45, 7) is 5.87. The van der Waals surface area contributed by atoms with Crippen molar-refractivity contribution in [3.05, 3.63) is 23.8 Å². The number of nitrogens with two attached hydrogens (primary N) is 1. The van der Waals surface area contributed by atoms with Gasteiger partial charge in [0.2, 0.25) is 0 Å². The van der Waals surface area contributed by atoms with Crippen LogP contribution in [0.15, 0.2) is 18.2 Å². The molecule has 0 fully saturated rings. The summed E-state index contributed by atoms with van der Waals surface area (Å²) in [6, 6.07) is 5.69. The van der Waals surface area contributed by atoms with Crippen molar-refractivity contribution < 1.29 is 14.2 Å². The minimum absolute atomic E-state index is 0.130. The van der Waals surface area contributed by atoms with E-state index in [1.54, 1.807) is 0 Å². The van der Waals surface area contributed by atoms with Crippen LogP contribution in [0.4, 0.5) is 0 Å². The smallest absolute Gasteiger partial charge is 0.161 e. The predicted molar refractivity (Wildman–Crippen MR) is 70.1 cm³/mol. The molecule has 2 rings (SSSR count). The van der Waals surface area contributed by atoms with Crippen LogP contribution in [0.25, 0.3) is 0 Å². The fraction of sp³-hybridized carbons (Fsp3) is 0.571. The second kappa shape index (κ2) is 6.07. The van der Waals surface area contributed by atoms with Crippen LogP contribution in [0.2, 0.25) is 0 Å². The van der Waals surface area contributed by atoms with Crippen LogP contribution in [-0.4, -0.2) is 25.9 Å². The number of hydrogen-bond donors (Lipinski definition) is 1. The van der Waals surface area contributed by atoms with E-state index >= 15 is 0 Å². The van der Waals surface area contributed by atoms with Gasteiger partial charge in [0.15, 0.2) is 11.5 Å². The first-order valence-corrected chi connectivity index (χ1v) is 6.47.